The number of carbonyl (C=O) groups is 1. The van der Waals surface area contributed by atoms with Crippen molar-refractivity contribution in [3.63, 3.8) is 0 Å². The lowest BCUT2D eigenvalue weighted by molar-refractivity contribution is -0.135. The Balaban J connectivity index is 1.47. The zero-order chi connectivity index (χ0) is 22.8. The number of likely N-dealkylation sites (tertiary alicyclic amines) is 1. The molecule has 1 fully saturated rings. The van der Waals surface area contributed by atoms with Gasteiger partial charge in [-0.15, -0.1) is 0 Å². The van der Waals surface area contributed by atoms with Gasteiger partial charge in [0, 0.05) is 25.7 Å². The number of carbonyl (C=O) groups excluding carboxylic acids is 1. The molecule has 1 aliphatic heterocycles. The van der Waals surface area contributed by atoms with Gasteiger partial charge in [0.25, 0.3) is 5.91 Å². The topological polar surface area (TPSA) is 80.4 Å². The minimum atomic E-state index is -0.172. The van der Waals surface area contributed by atoms with E-state index < -0.39 is 0 Å². The Labute approximate surface area is 190 Å². The van der Waals surface area contributed by atoms with Crippen LogP contribution in [-0.2, 0) is 22.7 Å². The van der Waals surface area contributed by atoms with Gasteiger partial charge in [0.2, 0.25) is 0 Å². The average Bonchev–Trinajstić information content (AvgIpc) is 2.81. The van der Waals surface area contributed by atoms with Crippen LogP contribution in [0.5, 0.6) is 5.75 Å². The molecule has 1 amide bonds. The van der Waals surface area contributed by atoms with Crippen molar-refractivity contribution in [2.24, 2.45) is 10.9 Å². The largest absolute Gasteiger partial charge is 0.494 e. The zero-order valence-electron chi connectivity index (χ0n) is 19.1. The number of amidine groups is 1. The summed E-state index contributed by atoms with van der Waals surface area (Å²) in [5, 5.41) is 3.96. The van der Waals surface area contributed by atoms with E-state index >= 15 is 0 Å². The summed E-state index contributed by atoms with van der Waals surface area (Å²) in [6.45, 7) is 6.08. The first-order valence-corrected chi connectivity index (χ1v) is 11.3. The maximum Gasteiger partial charge on any atom is 0.263 e. The molecule has 172 valence electrons. The molecule has 7 heteroatoms. The van der Waals surface area contributed by atoms with E-state index in [0.717, 1.165) is 36.5 Å². The fourth-order valence-electron chi connectivity index (χ4n) is 3.74. The molecule has 0 saturated carbocycles. The number of nitrogens with zero attached hydrogens (tertiary/aromatic N) is 3. The second-order valence-corrected chi connectivity index (χ2v) is 8.11. The van der Waals surface area contributed by atoms with Gasteiger partial charge in [-0.05, 0) is 62.2 Å². The first-order valence-electron chi connectivity index (χ1n) is 11.3. The maximum atomic E-state index is 12.4. The highest BCUT2D eigenvalue weighted by Crippen LogP contribution is 2.15. The molecule has 7 nitrogen and oxygen atoms in total. The summed E-state index contributed by atoms with van der Waals surface area (Å²) in [6.07, 6.45) is 3.85. The lowest BCUT2D eigenvalue weighted by atomic mass is 10.1. The van der Waals surface area contributed by atoms with E-state index in [1.807, 2.05) is 49.4 Å². The van der Waals surface area contributed by atoms with Gasteiger partial charge in [-0.25, -0.2) is 0 Å². The van der Waals surface area contributed by atoms with Gasteiger partial charge in [-0.3, -0.25) is 9.69 Å². The summed E-state index contributed by atoms with van der Waals surface area (Å²) < 4.78 is 5.44. The quantitative estimate of drug-likeness (QED) is 0.350. The van der Waals surface area contributed by atoms with Crippen LogP contribution in [0.3, 0.4) is 0 Å². The number of hydrogen-bond donors (Lipinski definition) is 1. The minimum absolute atomic E-state index is 0.165. The number of likely N-dealkylation sites (N-methyl/N-ethyl adjacent to an activating group) is 1. The molecule has 1 saturated heterocycles. The highest BCUT2D eigenvalue weighted by atomic mass is 16.6. The summed E-state index contributed by atoms with van der Waals surface area (Å²) in [5.74, 6) is 0.917. The first kappa shape index (κ1) is 23.6. The molecule has 1 aliphatic rings. The predicted molar refractivity (Wildman–Crippen MR) is 126 cm³/mol. The standard InChI is InChI=1S/C25H34N4O3/c1-3-31-23-12-10-20(11-13-23)17-28(2)24(30)19-32-27-25(26)22-9-7-8-21(16-22)18-29-14-5-4-6-15-29/h7-13,16H,3-6,14-15,17-19H2,1-2H3,(H2,26,27). The number of benzene rings is 2. The molecule has 0 spiro atoms. The number of ether oxygens (including phenoxy) is 1. The Morgan fingerprint density at radius 3 is 2.56 bits per heavy atom. The molecule has 3 rings (SSSR count). The molecule has 0 unspecified atom stereocenters. The molecule has 0 aromatic heterocycles. The third-order valence-electron chi connectivity index (χ3n) is 5.51. The number of oxime groups is 1. The molecule has 0 aliphatic carbocycles. The fraction of sp³-hybridized carbons (Fsp3) is 0.440. The molecule has 2 aromatic carbocycles. The Hall–Kier alpha value is -3.06. The highest BCUT2D eigenvalue weighted by molar-refractivity contribution is 5.97. The Morgan fingerprint density at radius 1 is 1.09 bits per heavy atom. The van der Waals surface area contributed by atoms with Crippen molar-refractivity contribution >= 4 is 11.7 Å². The Kier molecular flexibility index (Phi) is 8.92. The van der Waals surface area contributed by atoms with E-state index in [1.54, 1.807) is 11.9 Å². The van der Waals surface area contributed by atoms with E-state index in [-0.39, 0.29) is 18.3 Å². The van der Waals surface area contributed by atoms with Crippen LogP contribution >= 0.6 is 0 Å². The van der Waals surface area contributed by atoms with Gasteiger partial charge < -0.3 is 20.2 Å². The van der Waals surface area contributed by atoms with Crippen LogP contribution in [0.2, 0.25) is 0 Å². The van der Waals surface area contributed by atoms with Gasteiger partial charge in [0.05, 0.1) is 6.61 Å². The van der Waals surface area contributed by atoms with Crippen LogP contribution in [0.1, 0.15) is 42.9 Å². The van der Waals surface area contributed by atoms with Crippen LogP contribution in [0, 0.1) is 0 Å². The van der Waals surface area contributed by atoms with Crippen LogP contribution in [0.4, 0.5) is 0 Å². The van der Waals surface area contributed by atoms with E-state index in [1.165, 1.54) is 24.8 Å². The first-order chi connectivity index (χ1) is 15.5. The summed E-state index contributed by atoms with van der Waals surface area (Å²) in [7, 11) is 1.74. The third-order valence-corrected chi connectivity index (χ3v) is 5.51. The summed E-state index contributed by atoms with van der Waals surface area (Å²) in [6, 6.07) is 15.7. The second kappa shape index (κ2) is 12.1. The second-order valence-electron chi connectivity index (χ2n) is 8.11. The van der Waals surface area contributed by atoms with Gasteiger partial charge in [0.1, 0.15) is 5.75 Å². The molecule has 32 heavy (non-hydrogen) atoms. The number of hydrogen-bond acceptors (Lipinski definition) is 5. The molecule has 0 atom stereocenters. The van der Waals surface area contributed by atoms with Gasteiger partial charge >= 0.3 is 0 Å². The smallest absolute Gasteiger partial charge is 0.263 e. The summed E-state index contributed by atoms with van der Waals surface area (Å²) in [4.78, 5) is 21.7. The van der Waals surface area contributed by atoms with E-state index in [9.17, 15) is 4.79 Å². The van der Waals surface area contributed by atoms with Crippen molar-refractivity contribution in [1.82, 2.24) is 9.80 Å². The van der Waals surface area contributed by atoms with Crippen molar-refractivity contribution < 1.29 is 14.4 Å². The van der Waals surface area contributed by atoms with Gasteiger partial charge in [-0.1, -0.05) is 41.9 Å². The lowest BCUT2D eigenvalue weighted by Crippen LogP contribution is -2.29. The third kappa shape index (κ3) is 7.27. The molecular formula is C25H34N4O3. The van der Waals surface area contributed by atoms with Crippen LogP contribution in [-0.4, -0.2) is 54.9 Å². The maximum absolute atomic E-state index is 12.4. The molecule has 0 radical (unpaired) electrons. The van der Waals surface area contributed by atoms with Crippen LogP contribution < -0.4 is 10.5 Å². The minimum Gasteiger partial charge on any atom is -0.494 e. The number of piperidine rings is 1. The van der Waals surface area contributed by atoms with Crippen molar-refractivity contribution in [2.75, 3.05) is 33.4 Å². The lowest BCUT2D eigenvalue weighted by Gasteiger charge is -2.26. The van der Waals surface area contributed by atoms with Crippen LogP contribution in [0.15, 0.2) is 53.7 Å². The molecule has 2 aromatic rings. The Bertz CT molecular complexity index is 892. The van der Waals surface area contributed by atoms with E-state index in [2.05, 4.69) is 16.1 Å². The van der Waals surface area contributed by atoms with Gasteiger partial charge in [0.15, 0.2) is 12.4 Å². The molecule has 2 N–H and O–H groups in total. The predicted octanol–water partition coefficient (Wildman–Crippen LogP) is 3.37. The van der Waals surface area contributed by atoms with Crippen molar-refractivity contribution in [2.45, 2.75) is 39.3 Å². The average molecular weight is 439 g/mol. The summed E-state index contributed by atoms with van der Waals surface area (Å²) in [5.41, 5.74) is 9.11. The van der Waals surface area contributed by atoms with Crippen molar-refractivity contribution in [1.29, 1.82) is 0 Å². The number of amides is 1. The zero-order valence-corrected chi connectivity index (χ0v) is 19.1. The SMILES string of the molecule is CCOc1ccc(CN(C)C(=O)CO/N=C(/N)c2cccc(CN3CCCCC3)c2)cc1. The normalized spacial score (nSPS) is 14.8. The fourth-order valence-corrected chi connectivity index (χ4v) is 3.74. The van der Waals surface area contributed by atoms with E-state index in [4.69, 9.17) is 15.3 Å². The van der Waals surface area contributed by atoms with Crippen molar-refractivity contribution in [3.8, 4) is 5.75 Å². The van der Waals surface area contributed by atoms with Crippen molar-refractivity contribution in [3.05, 3.63) is 65.2 Å². The molecule has 0 bridgehead atoms. The van der Waals surface area contributed by atoms with Gasteiger partial charge in [-0.2, -0.15) is 0 Å². The molecular weight excluding hydrogens is 404 g/mol. The van der Waals surface area contributed by atoms with E-state index in [0.29, 0.717) is 13.2 Å². The summed E-state index contributed by atoms with van der Waals surface area (Å²) >= 11 is 0. The monoisotopic (exact) mass is 438 g/mol. The van der Waals surface area contributed by atoms with Crippen LogP contribution in [0.25, 0.3) is 0 Å². The number of nitrogens with two attached hydrogens (primary N) is 1. The molecule has 1 heterocycles. The number of rotatable bonds is 10. The Morgan fingerprint density at radius 2 is 1.84 bits per heavy atom. The highest BCUT2D eigenvalue weighted by Gasteiger charge is 2.12.